The first-order valence-electron chi connectivity index (χ1n) is 11.9. The highest BCUT2D eigenvalue weighted by Gasteiger charge is 2.22. The highest BCUT2D eigenvalue weighted by atomic mass is 127. The molecule has 2 heterocycles. The van der Waals surface area contributed by atoms with Crippen LogP contribution in [-0.2, 0) is 29.2 Å². The molecule has 2 amide bonds. The largest absolute Gasteiger partial charge is 0.357 e. The number of anilines is 1. The van der Waals surface area contributed by atoms with Gasteiger partial charge in [0, 0.05) is 51.3 Å². The molecule has 0 aromatic heterocycles. The van der Waals surface area contributed by atoms with Gasteiger partial charge in [0.25, 0.3) is 0 Å². The van der Waals surface area contributed by atoms with E-state index < -0.39 is 0 Å². The van der Waals surface area contributed by atoms with Gasteiger partial charge >= 0.3 is 0 Å². The zero-order valence-electron chi connectivity index (χ0n) is 19.8. The fourth-order valence-corrected chi connectivity index (χ4v) is 4.35. The maximum Gasteiger partial charge on any atom is 0.227 e. The van der Waals surface area contributed by atoms with Gasteiger partial charge in [-0.2, -0.15) is 0 Å². The Labute approximate surface area is 219 Å². The molecule has 0 aliphatic carbocycles. The molecule has 2 aromatic carbocycles. The van der Waals surface area contributed by atoms with Crippen molar-refractivity contribution < 1.29 is 9.59 Å². The first kappa shape index (κ1) is 26.0. The van der Waals surface area contributed by atoms with Crippen LogP contribution in [0.4, 0.5) is 5.69 Å². The monoisotopic (exact) mass is 575 g/mol. The van der Waals surface area contributed by atoms with E-state index in [1.54, 1.807) is 0 Å². The highest BCUT2D eigenvalue weighted by molar-refractivity contribution is 14.0. The Morgan fingerprint density at radius 2 is 1.62 bits per heavy atom. The zero-order valence-corrected chi connectivity index (χ0v) is 22.1. The Morgan fingerprint density at radius 3 is 2.26 bits per heavy atom. The average molecular weight is 575 g/mol. The normalized spacial score (nSPS) is 16.1. The molecule has 2 aliphatic heterocycles. The maximum atomic E-state index is 12.0. The molecule has 2 aliphatic rings. The number of nitrogens with one attached hydrogen (secondary N) is 2. The molecular formula is C26H34IN5O2. The molecule has 8 heteroatoms. The topological polar surface area (TPSA) is 77.0 Å². The third-order valence-corrected chi connectivity index (χ3v) is 6.18. The molecule has 2 N–H and O–H groups in total. The van der Waals surface area contributed by atoms with Gasteiger partial charge < -0.3 is 20.4 Å². The lowest BCUT2D eigenvalue weighted by atomic mass is 10.1. The number of nitrogens with zero attached hydrogens (tertiary/aromatic N) is 3. The Kier molecular flexibility index (Phi) is 9.74. The van der Waals surface area contributed by atoms with Gasteiger partial charge in [0.05, 0.1) is 6.54 Å². The minimum Gasteiger partial charge on any atom is -0.357 e. The van der Waals surface area contributed by atoms with Crippen molar-refractivity contribution in [2.24, 2.45) is 4.99 Å². The summed E-state index contributed by atoms with van der Waals surface area (Å²) in [4.78, 5) is 32.5. The number of rotatable bonds is 8. The number of guanidine groups is 1. The van der Waals surface area contributed by atoms with Crippen LogP contribution in [0.3, 0.4) is 0 Å². The van der Waals surface area contributed by atoms with Gasteiger partial charge in [-0.1, -0.05) is 36.4 Å². The van der Waals surface area contributed by atoms with Gasteiger partial charge in [-0.05, 0) is 48.6 Å². The molecule has 2 saturated heterocycles. The second-order valence-electron chi connectivity index (χ2n) is 8.55. The Bertz CT molecular complexity index is 1010. The molecule has 0 saturated carbocycles. The molecule has 0 unspecified atom stereocenters. The van der Waals surface area contributed by atoms with Gasteiger partial charge in [0.2, 0.25) is 11.8 Å². The van der Waals surface area contributed by atoms with E-state index in [0.29, 0.717) is 32.5 Å². The summed E-state index contributed by atoms with van der Waals surface area (Å²) in [6.07, 6.45) is 3.18. The first-order chi connectivity index (χ1) is 16.1. The van der Waals surface area contributed by atoms with Crippen molar-refractivity contribution in [1.82, 2.24) is 15.5 Å². The van der Waals surface area contributed by atoms with Crippen molar-refractivity contribution in [3.05, 3.63) is 65.2 Å². The second kappa shape index (κ2) is 12.7. The van der Waals surface area contributed by atoms with Crippen LogP contribution in [0.2, 0.25) is 0 Å². The van der Waals surface area contributed by atoms with E-state index in [9.17, 15) is 9.59 Å². The van der Waals surface area contributed by atoms with E-state index >= 15 is 0 Å². The van der Waals surface area contributed by atoms with Crippen molar-refractivity contribution in [2.45, 2.75) is 52.2 Å². The SMILES string of the molecule is CCNC(=NCc1ccc(N2CCCC2=O)cc1)NCc1ccccc1CN1CCCC1=O.I. The summed E-state index contributed by atoms with van der Waals surface area (Å²) in [5, 5.41) is 6.73. The molecule has 0 radical (unpaired) electrons. The van der Waals surface area contributed by atoms with Gasteiger partial charge in [0.15, 0.2) is 5.96 Å². The second-order valence-corrected chi connectivity index (χ2v) is 8.55. The fourth-order valence-electron chi connectivity index (χ4n) is 4.35. The number of likely N-dealkylation sites (tertiary alicyclic amines) is 1. The van der Waals surface area contributed by atoms with Gasteiger partial charge in [-0.3, -0.25) is 9.59 Å². The van der Waals surface area contributed by atoms with Gasteiger partial charge in [-0.15, -0.1) is 24.0 Å². The number of halogens is 1. The molecule has 4 rings (SSSR count). The Morgan fingerprint density at radius 1 is 0.912 bits per heavy atom. The lowest BCUT2D eigenvalue weighted by Gasteiger charge is -2.19. The van der Waals surface area contributed by atoms with Crippen molar-refractivity contribution in [1.29, 1.82) is 0 Å². The first-order valence-corrected chi connectivity index (χ1v) is 11.9. The minimum absolute atomic E-state index is 0. The van der Waals surface area contributed by atoms with Crippen molar-refractivity contribution >= 4 is 47.4 Å². The zero-order chi connectivity index (χ0) is 23.0. The molecule has 2 aromatic rings. The maximum absolute atomic E-state index is 12.0. The molecule has 34 heavy (non-hydrogen) atoms. The van der Waals surface area contributed by atoms with Crippen molar-refractivity contribution in [2.75, 3.05) is 24.5 Å². The summed E-state index contributed by atoms with van der Waals surface area (Å²) in [7, 11) is 0. The lowest BCUT2D eigenvalue weighted by molar-refractivity contribution is -0.128. The standard InChI is InChI=1S/C26H33N5O2.HI/c1-2-27-26(28-17-20-11-13-23(14-12-20)31-16-6-10-25(31)33)29-18-21-7-3-4-8-22(21)19-30-15-5-9-24(30)32;/h3-4,7-8,11-14H,2,5-6,9-10,15-19H2,1H3,(H2,27,28,29);1H. The Balaban J connectivity index is 0.00000324. The van der Waals surface area contributed by atoms with Crippen molar-refractivity contribution in [3.63, 3.8) is 0 Å². The molecular weight excluding hydrogens is 541 g/mol. The number of carbonyl (C=O) groups excluding carboxylic acids is 2. The van der Waals surface area contributed by atoms with Crippen LogP contribution in [0.15, 0.2) is 53.5 Å². The van der Waals surface area contributed by atoms with E-state index in [1.807, 2.05) is 53.1 Å². The molecule has 7 nitrogen and oxygen atoms in total. The summed E-state index contributed by atoms with van der Waals surface area (Å²) in [6, 6.07) is 16.3. The number of benzene rings is 2. The van der Waals surface area contributed by atoms with Crippen LogP contribution in [0.5, 0.6) is 0 Å². The molecule has 182 valence electrons. The summed E-state index contributed by atoms with van der Waals surface area (Å²) in [5.74, 6) is 1.20. The number of carbonyl (C=O) groups is 2. The number of amides is 2. The Hall–Kier alpha value is -2.62. The average Bonchev–Trinajstić information content (AvgIpc) is 3.44. The lowest BCUT2D eigenvalue weighted by Crippen LogP contribution is -2.37. The van der Waals surface area contributed by atoms with Crippen LogP contribution < -0.4 is 15.5 Å². The summed E-state index contributed by atoms with van der Waals surface area (Å²) < 4.78 is 0. The van der Waals surface area contributed by atoms with Crippen LogP contribution in [-0.4, -0.2) is 42.3 Å². The molecule has 0 spiro atoms. The summed E-state index contributed by atoms with van der Waals surface area (Å²) in [6.45, 7) is 6.31. The van der Waals surface area contributed by atoms with Crippen LogP contribution in [0, 0.1) is 0 Å². The quantitative estimate of drug-likeness (QED) is 0.285. The van der Waals surface area contributed by atoms with E-state index in [2.05, 4.69) is 22.8 Å². The number of hydrogen-bond donors (Lipinski definition) is 2. The van der Waals surface area contributed by atoms with E-state index in [1.165, 1.54) is 11.1 Å². The third kappa shape index (κ3) is 6.71. The molecule has 0 atom stereocenters. The van der Waals surface area contributed by atoms with Gasteiger partial charge in [0.1, 0.15) is 0 Å². The molecule has 0 bridgehead atoms. The smallest absolute Gasteiger partial charge is 0.227 e. The van der Waals surface area contributed by atoms with Crippen LogP contribution >= 0.6 is 24.0 Å². The van der Waals surface area contributed by atoms with Crippen molar-refractivity contribution in [3.8, 4) is 0 Å². The van der Waals surface area contributed by atoms with Crippen LogP contribution in [0.1, 0.15) is 49.3 Å². The van der Waals surface area contributed by atoms with E-state index in [0.717, 1.165) is 49.7 Å². The molecule has 2 fully saturated rings. The fraction of sp³-hybridized carbons (Fsp3) is 0.423. The summed E-state index contributed by atoms with van der Waals surface area (Å²) >= 11 is 0. The summed E-state index contributed by atoms with van der Waals surface area (Å²) in [5.41, 5.74) is 4.39. The predicted molar refractivity (Wildman–Crippen MR) is 146 cm³/mol. The highest BCUT2D eigenvalue weighted by Crippen LogP contribution is 2.22. The van der Waals surface area contributed by atoms with E-state index in [-0.39, 0.29) is 35.8 Å². The van der Waals surface area contributed by atoms with E-state index in [4.69, 9.17) is 4.99 Å². The predicted octanol–water partition coefficient (Wildman–Crippen LogP) is 3.81. The minimum atomic E-state index is 0. The van der Waals surface area contributed by atoms with Gasteiger partial charge in [-0.25, -0.2) is 4.99 Å². The number of hydrogen-bond acceptors (Lipinski definition) is 3. The third-order valence-electron chi connectivity index (χ3n) is 6.18. The van der Waals surface area contributed by atoms with Crippen LogP contribution in [0.25, 0.3) is 0 Å². The number of aliphatic imine (C=N–C) groups is 1.